The van der Waals surface area contributed by atoms with Crippen LogP contribution in [0.15, 0.2) is 54.6 Å². The molecule has 0 amide bonds. The Kier molecular flexibility index (Phi) is 4.26. The molecular formula is C19H23NO. The lowest BCUT2D eigenvalue weighted by atomic mass is 9.88. The zero-order chi connectivity index (χ0) is 14.7. The van der Waals surface area contributed by atoms with Crippen LogP contribution in [0.3, 0.4) is 0 Å². The van der Waals surface area contributed by atoms with Gasteiger partial charge in [-0.2, -0.15) is 0 Å². The first-order valence-electron chi connectivity index (χ1n) is 7.69. The Morgan fingerprint density at radius 1 is 1.00 bits per heavy atom. The quantitative estimate of drug-likeness (QED) is 0.847. The summed E-state index contributed by atoms with van der Waals surface area (Å²) in [4.78, 5) is 2.40. The standard InChI is InChI=1S/C19H23NO/c1-15-8-10-17(11-9-15)21-19-12-13-20(2)14-18(19)16-6-4-3-5-7-16/h3-11,18-19H,12-14H2,1-2H3/t18-,19-/m0/s1. The van der Waals surface area contributed by atoms with Gasteiger partial charge < -0.3 is 9.64 Å². The molecule has 2 aromatic rings. The number of nitrogens with zero attached hydrogens (tertiary/aromatic N) is 1. The molecule has 0 saturated carbocycles. The second-order valence-electron chi connectivity index (χ2n) is 6.04. The largest absolute Gasteiger partial charge is 0.490 e. The molecule has 1 fully saturated rings. The average Bonchev–Trinajstić information content (AvgIpc) is 2.52. The molecule has 1 aliphatic rings. The number of benzene rings is 2. The Morgan fingerprint density at radius 2 is 1.71 bits per heavy atom. The molecule has 1 heterocycles. The molecule has 0 N–H and O–H groups in total. The van der Waals surface area contributed by atoms with E-state index in [9.17, 15) is 0 Å². The SMILES string of the molecule is Cc1ccc(O[C@H]2CCN(C)C[C@H]2c2ccccc2)cc1. The first-order chi connectivity index (χ1) is 10.2. The highest BCUT2D eigenvalue weighted by molar-refractivity contribution is 5.28. The van der Waals surface area contributed by atoms with Crippen molar-refractivity contribution >= 4 is 0 Å². The van der Waals surface area contributed by atoms with Gasteiger partial charge in [-0.25, -0.2) is 0 Å². The second kappa shape index (κ2) is 6.31. The summed E-state index contributed by atoms with van der Waals surface area (Å²) in [5.74, 6) is 1.42. The van der Waals surface area contributed by atoms with Gasteiger partial charge in [0.2, 0.25) is 0 Å². The molecule has 3 rings (SSSR count). The molecule has 1 aliphatic heterocycles. The third kappa shape index (κ3) is 3.45. The monoisotopic (exact) mass is 281 g/mol. The van der Waals surface area contributed by atoms with Crippen LogP contribution in [-0.4, -0.2) is 31.1 Å². The highest BCUT2D eigenvalue weighted by Crippen LogP contribution is 2.30. The Bertz CT molecular complexity index is 564. The van der Waals surface area contributed by atoms with Crippen molar-refractivity contribution in [3.05, 3.63) is 65.7 Å². The van der Waals surface area contributed by atoms with Gasteiger partial charge >= 0.3 is 0 Å². The molecule has 0 spiro atoms. The third-order valence-corrected chi connectivity index (χ3v) is 4.29. The lowest BCUT2D eigenvalue weighted by Gasteiger charge is -2.37. The van der Waals surface area contributed by atoms with Gasteiger partial charge in [-0.3, -0.25) is 0 Å². The Hall–Kier alpha value is -1.80. The molecular weight excluding hydrogens is 258 g/mol. The number of likely N-dealkylation sites (N-methyl/N-ethyl adjacent to an activating group) is 1. The molecule has 21 heavy (non-hydrogen) atoms. The van der Waals surface area contributed by atoms with E-state index in [1.54, 1.807) is 0 Å². The van der Waals surface area contributed by atoms with Gasteiger partial charge in [0.05, 0.1) is 0 Å². The van der Waals surface area contributed by atoms with Crippen molar-refractivity contribution < 1.29 is 4.74 Å². The van der Waals surface area contributed by atoms with Crippen LogP contribution in [0.4, 0.5) is 0 Å². The van der Waals surface area contributed by atoms with Crippen molar-refractivity contribution in [1.29, 1.82) is 0 Å². The molecule has 0 radical (unpaired) electrons. The highest BCUT2D eigenvalue weighted by atomic mass is 16.5. The van der Waals surface area contributed by atoms with E-state index in [1.165, 1.54) is 11.1 Å². The molecule has 2 heteroatoms. The maximum Gasteiger partial charge on any atom is 0.119 e. The smallest absolute Gasteiger partial charge is 0.119 e. The highest BCUT2D eigenvalue weighted by Gasteiger charge is 2.30. The predicted octanol–water partition coefficient (Wildman–Crippen LogP) is 3.86. The summed E-state index contributed by atoms with van der Waals surface area (Å²) >= 11 is 0. The van der Waals surface area contributed by atoms with E-state index in [4.69, 9.17) is 4.74 Å². The third-order valence-electron chi connectivity index (χ3n) is 4.29. The fraction of sp³-hybridized carbons (Fsp3) is 0.368. The van der Waals surface area contributed by atoms with Crippen molar-refractivity contribution in [1.82, 2.24) is 4.90 Å². The van der Waals surface area contributed by atoms with E-state index < -0.39 is 0 Å². The van der Waals surface area contributed by atoms with E-state index in [1.807, 2.05) is 0 Å². The second-order valence-corrected chi connectivity index (χ2v) is 6.04. The van der Waals surface area contributed by atoms with E-state index in [0.717, 1.165) is 25.3 Å². The Labute approximate surface area is 127 Å². The van der Waals surface area contributed by atoms with Gasteiger partial charge in [0, 0.05) is 19.0 Å². The number of hydrogen-bond acceptors (Lipinski definition) is 2. The van der Waals surface area contributed by atoms with Crippen molar-refractivity contribution in [2.75, 3.05) is 20.1 Å². The first kappa shape index (κ1) is 14.2. The summed E-state index contributed by atoms with van der Waals surface area (Å²) < 4.78 is 6.30. The Morgan fingerprint density at radius 3 is 2.43 bits per heavy atom. The van der Waals surface area contributed by atoms with Crippen LogP contribution in [0.2, 0.25) is 0 Å². The number of rotatable bonds is 3. The van der Waals surface area contributed by atoms with Crippen LogP contribution in [0.25, 0.3) is 0 Å². The van der Waals surface area contributed by atoms with Gasteiger partial charge in [0.25, 0.3) is 0 Å². The molecule has 1 saturated heterocycles. The zero-order valence-electron chi connectivity index (χ0n) is 12.8. The first-order valence-corrected chi connectivity index (χ1v) is 7.69. The summed E-state index contributed by atoms with van der Waals surface area (Å²) in [6.45, 7) is 4.26. The fourth-order valence-corrected chi connectivity index (χ4v) is 3.05. The molecule has 0 aliphatic carbocycles. The van der Waals surface area contributed by atoms with Crippen LogP contribution in [0.1, 0.15) is 23.5 Å². The number of likely N-dealkylation sites (tertiary alicyclic amines) is 1. The maximum absolute atomic E-state index is 6.30. The van der Waals surface area contributed by atoms with E-state index in [0.29, 0.717) is 5.92 Å². The van der Waals surface area contributed by atoms with Crippen molar-refractivity contribution in [2.45, 2.75) is 25.4 Å². The lowest BCUT2D eigenvalue weighted by Crippen LogP contribution is -2.42. The number of ether oxygens (including phenoxy) is 1. The van der Waals surface area contributed by atoms with Gasteiger partial charge in [0.15, 0.2) is 0 Å². The summed E-state index contributed by atoms with van der Waals surface area (Å²) in [7, 11) is 2.19. The van der Waals surface area contributed by atoms with Gasteiger partial charge in [0.1, 0.15) is 11.9 Å². The predicted molar refractivity (Wildman–Crippen MR) is 86.9 cm³/mol. The summed E-state index contributed by atoms with van der Waals surface area (Å²) in [6, 6.07) is 19.1. The van der Waals surface area contributed by atoms with Crippen molar-refractivity contribution in [2.24, 2.45) is 0 Å². The molecule has 0 aromatic heterocycles. The van der Waals surface area contributed by atoms with Gasteiger partial charge in [-0.05, 0) is 38.1 Å². The van der Waals surface area contributed by atoms with E-state index in [2.05, 4.69) is 73.5 Å². The van der Waals surface area contributed by atoms with Crippen LogP contribution in [-0.2, 0) is 0 Å². The molecule has 110 valence electrons. The molecule has 0 bridgehead atoms. The van der Waals surface area contributed by atoms with Crippen LogP contribution in [0.5, 0.6) is 5.75 Å². The van der Waals surface area contributed by atoms with Crippen molar-refractivity contribution in [3.63, 3.8) is 0 Å². The minimum absolute atomic E-state index is 0.256. The molecule has 0 unspecified atom stereocenters. The number of piperidine rings is 1. The minimum atomic E-state index is 0.256. The van der Waals surface area contributed by atoms with Crippen LogP contribution < -0.4 is 4.74 Å². The number of aryl methyl sites for hydroxylation is 1. The summed E-state index contributed by atoms with van der Waals surface area (Å²) in [5, 5.41) is 0. The number of hydrogen-bond donors (Lipinski definition) is 0. The normalized spacial score (nSPS) is 23.0. The van der Waals surface area contributed by atoms with Crippen LogP contribution in [0, 0.1) is 6.92 Å². The maximum atomic E-state index is 6.30. The van der Waals surface area contributed by atoms with Crippen molar-refractivity contribution in [3.8, 4) is 5.75 Å². The lowest BCUT2D eigenvalue weighted by molar-refractivity contribution is 0.0902. The fourth-order valence-electron chi connectivity index (χ4n) is 3.05. The molecule has 2 aromatic carbocycles. The zero-order valence-corrected chi connectivity index (χ0v) is 12.8. The van der Waals surface area contributed by atoms with E-state index >= 15 is 0 Å². The van der Waals surface area contributed by atoms with E-state index in [-0.39, 0.29) is 6.10 Å². The average molecular weight is 281 g/mol. The van der Waals surface area contributed by atoms with Crippen LogP contribution >= 0.6 is 0 Å². The minimum Gasteiger partial charge on any atom is -0.490 e. The molecule has 2 atom stereocenters. The summed E-state index contributed by atoms with van der Waals surface area (Å²) in [5.41, 5.74) is 2.64. The Balaban J connectivity index is 1.79. The van der Waals surface area contributed by atoms with Gasteiger partial charge in [-0.15, -0.1) is 0 Å². The van der Waals surface area contributed by atoms with Gasteiger partial charge in [-0.1, -0.05) is 48.0 Å². The topological polar surface area (TPSA) is 12.5 Å². The summed E-state index contributed by atoms with van der Waals surface area (Å²) in [6.07, 6.45) is 1.33. The molecule has 2 nitrogen and oxygen atoms in total.